The van der Waals surface area contributed by atoms with Gasteiger partial charge < -0.3 is 4.74 Å². The molecule has 0 spiro atoms. The van der Waals surface area contributed by atoms with Gasteiger partial charge in [-0.2, -0.15) is 0 Å². The monoisotopic (exact) mass is 188 g/mol. The Morgan fingerprint density at radius 2 is 1.92 bits per heavy atom. The Morgan fingerprint density at radius 1 is 1.38 bits per heavy atom. The van der Waals surface area contributed by atoms with E-state index in [1.54, 1.807) is 0 Å². The van der Waals surface area contributed by atoms with Crippen molar-refractivity contribution in [3.63, 3.8) is 0 Å². The first-order valence-electron chi connectivity index (χ1n) is 4.91. The Labute approximate surface area is 81.3 Å². The Kier molecular flexibility index (Phi) is 4.99. The normalized spacial score (nSPS) is 13.9. The van der Waals surface area contributed by atoms with Crippen LogP contribution in [0.4, 0.5) is 0 Å². The van der Waals surface area contributed by atoms with E-state index in [0.29, 0.717) is 6.73 Å². The molecule has 3 heteroatoms. The van der Waals surface area contributed by atoms with Crippen molar-refractivity contribution < 1.29 is 14.0 Å². The molecule has 13 heavy (non-hydrogen) atoms. The Morgan fingerprint density at radius 3 is 2.31 bits per heavy atom. The van der Waals surface area contributed by atoms with Gasteiger partial charge in [0.15, 0.2) is 0 Å². The molecule has 0 N–H and O–H groups in total. The molecule has 3 nitrogen and oxygen atoms in total. The summed E-state index contributed by atoms with van der Waals surface area (Å²) in [6.45, 7) is 7.41. The van der Waals surface area contributed by atoms with Gasteiger partial charge in [-0.1, -0.05) is 13.8 Å². The molecule has 1 atom stereocenters. The summed E-state index contributed by atoms with van der Waals surface area (Å²) >= 11 is 0. The molecule has 78 valence electrons. The van der Waals surface area contributed by atoms with E-state index < -0.39 is 0 Å². The van der Waals surface area contributed by atoms with Crippen LogP contribution >= 0.6 is 0 Å². The highest BCUT2D eigenvalue weighted by Gasteiger charge is 2.17. The van der Waals surface area contributed by atoms with Gasteiger partial charge >= 0.3 is 5.97 Å². The van der Waals surface area contributed by atoms with Gasteiger partial charge in [-0.3, -0.25) is 9.28 Å². The predicted molar refractivity (Wildman–Crippen MR) is 53.1 cm³/mol. The third-order valence-corrected chi connectivity index (χ3v) is 2.43. The molecule has 1 unspecified atom stereocenters. The first kappa shape index (κ1) is 12.4. The zero-order chi connectivity index (χ0) is 10.5. The smallest absolute Gasteiger partial charge is 0.312 e. The number of carbonyl (C=O) groups is 1. The minimum absolute atomic E-state index is 0.0249. The van der Waals surface area contributed by atoms with E-state index in [1.807, 2.05) is 27.9 Å². The van der Waals surface area contributed by atoms with Crippen molar-refractivity contribution in [2.24, 2.45) is 5.92 Å². The lowest BCUT2D eigenvalue weighted by Gasteiger charge is -2.27. The first-order valence-corrected chi connectivity index (χ1v) is 4.91. The summed E-state index contributed by atoms with van der Waals surface area (Å²) in [7, 11) is 4.09. The van der Waals surface area contributed by atoms with Gasteiger partial charge in [-0.05, 0) is 13.3 Å². The number of carbonyl (C=O) groups excluding carboxylic acids is 1. The van der Waals surface area contributed by atoms with Crippen LogP contribution in [0.3, 0.4) is 0 Å². The lowest BCUT2D eigenvalue weighted by Crippen LogP contribution is -2.42. The van der Waals surface area contributed by atoms with Crippen LogP contribution in [-0.2, 0) is 9.53 Å². The van der Waals surface area contributed by atoms with Gasteiger partial charge in [-0.25, -0.2) is 0 Å². The van der Waals surface area contributed by atoms with E-state index in [2.05, 4.69) is 6.92 Å². The van der Waals surface area contributed by atoms with Crippen LogP contribution in [0, 0.1) is 5.92 Å². The van der Waals surface area contributed by atoms with E-state index in [1.165, 1.54) is 0 Å². The van der Waals surface area contributed by atoms with Gasteiger partial charge in [0, 0.05) is 0 Å². The molecule has 0 saturated heterocycles. The average molecular weight is 188 g/mol. The SMILES string of the molecule is CCC(C)C(=O)OC[N+](C)(C)CC. The Hall–Kier alpha value is -0.570. The number of nitrogens with zero attached hydrogens (tertiary/aromatic N) is 1. The van der Waals surface area contributed by atoms with E-state index in [-0.39, 0.29) is 11.9 Å². The average Bonchev–Trinajstić information content (AvgIpc) is 2.13. The van der Waals surface area contributed by atoms with E-state index >= 15 is 0 Å². The Balaban J connectivity index is 3.83. The fourth-order valence-corrected chi connectivity index (χ4v) is 0.639. The summed E-state index contributed by atoms with van der Waals surface area (Å²) in [4.78, 5) is 11.3. The van der Waals surface area contributed by atoms with Gasteiger partial charge in [0.1, 0.15) is 0 Å². The molecule has 0 aliphatic heterocycles. The second kappa shape index (κ2) is 5.22. The fourth-order valence-electron chi connectivity index (χ4n) is 0.639. The van der Waals surface area contributed by atoms with Gasteiger partial charge in [-0.15, -0.1) is 0 Å². The van der Waals surface area contributed by atoms with E-state index in [4.69, 9.17) is 4.74 Å². The minimum atomic E-state index is -0.0813. The standard InChI is InChI=1S/C10H22NO2/c1-6-9(3)10(12)13-8-11(4,5)7-2/h9H,6-8H2,1-5H3/q+1. The summed E-state index contributed by atoms with van der Waals surface area (Å²) in [5.41, 5.74) is 0. The fraction of sp³-hybridized carbons (Fsp3) is 0.900. The molecule has 0 bridgehead atoms. The largest absolute Gasteiger partial charge is 0.415 e. The van der Waals surface area contributed by atoms with Crippen LogP contribution in [-0.4, -0.2) is 37.8 Å². The molecule has 0 aromatic carbocycles. The van der Waals surface area contributed by atoms with Crippen LogP contribution in [0.2, 0.25) is 0 Å². The first-order chi connectivity index (χ1) is 5.93. The molecule has 0 radical (unpaired) electrons. The van der Waals surface area contributed by atoms with Crippen LogP contribution in [0.5, 0.6) is 0 Å². The maximum absolute atomic E-state index is 11.3. The maximum atomic E-state index is 11.3. The molecule has 0 rings (SSSR count). The Bertz CT molecular complexity index is 166. The van der Waals surface area contributed by atoms with Crippen molar-refractivity contribution in [2.45, 2.75) is 27.2 Å². The number of hydrogen-bond donors (Lipinski definition) is 0. The third-order valence-electron chi connectivity index (χ3n) is 2.43. The topological polar surface area (TPSA) is 26.3 Å². The molecule has 0 heterocycles. The number of quaternary nitrogens is 1. The molecule has 0 aromatic rings. The summed E-state index contributed by atoms with van der Waals surface area (Å²) in [5.74, 6) is -0.0565. The predicted octanol–water partition coefficient (Wildman–Crippen LogP) is 1.63. The van der Waals surface area contributed by atoms with Crippen LogP contribution in [0.15, 0.2) is 0 Å². The highest BCUT2D eigenvalue weighted by Crippen LogP contribution is 2.05. The lowest BCUT2D eigenvalue weighted by atomic mass is 10.1. The summed E-state index contributed by atoms with van der Waals surface area (Å²) < 4.78 is 5.91. The van der Waals surface area contributed by atoms with Crippen molar-refractivity contribution in [1.29, 1.82) is 0 Å². The third kappa shape index (κ3) is 4.88. The zero-order valence-electron chi connectivity index (χ0n) is 9.46. The highest BCUT2D eigenvalue weighted by atomic mass is 16.5. The lowest BCUT2D eigenvalue weighted by molar-refractivity contribution is -0.905. The summed E-state index contributed by atoms with van der Waals surface area (Å²) in [6, 6.07) is 0. The van der Waals surface area contributed by atoms with Gasteiger partial charge in [0.05, 0.1) is 26.6 Å². The van der Waals surface area contributed by atoms with Gasteiger partial charge in [0.25, 0.3) is 0 Å². The van der Waals surface area contributed by atoms with Crippen LogP contribution in [0.1, 0.15) is 27.2 Å². The molecular weight excluding hydrogens is 166 g/mol. The molecule has 0 aliphatic rings. The van der Waals surface area contributed by atoms with E-state index in [0.717, 1.165) is 17.4 Å². The zero-order valence-corrected chi connectivity index (χ0v) is 9.46. The molecular formula is C10H22NO2+. The van der Waals surface area contributed by atoms with Crippen LogP contribution in [0.25, 0.3) is 0 Å². The van der Waals surface area contributed by atoms with Gasteiger partial charge in [0.2, 0.25) is 6.73 Å². The number of esters is 1. The number of ether oxygens (including phenoxy) is 1. The van der Waals surface area contributed by atoms with Crippen molar-refractivity contribution in [3.05, 3.63) is 0 Å². The van der Waals surface area contributed by atoms with Crippen LogP contribution < -0.4 is 0 Å². The van der Waals surface area contributed by atoms with E-state index in [9.17, 15) is 4.79 Å². The maximum Gasteiger partial charge on any atom is 0.312 e. The quantitative estimate of drug-likeness (QED) is 0.372. The number of rotatable bonds is 5. The molecule has 0 aromatic heterocycles. The second-order valence-corrected chi connectivity index (χ2v) is 4.15. The molecule has 0 amide bonds. The van der Waals surface area contributed by atoms with Crippen molar-refractivity contribution >= 4 is 5.97 Å². The van der Waals surface area contributed by atoms with Crippen molar-refractivity contribution in [1.82, 2.24) is 0 Å². The molecule has 0 aliphatic carbocycles. The number of hydrogen-bond acceptors (Lipinski definition) is 2. The minimum Gasteiger partial charge on any atom is -0.415 e. The van der Waals surface area contributed by atoms with Crippen molar-refractivity contribution in [3.8, 4) is 0 Å². The molecule has 0 saturated carbocycles. The summed E-state index contributed by atoms with van der Waals surface area (Å²) in [5, 5.41) is 0. The van der Waals surface area contributed by atoms with Crippen molar-refractivity contribution in [2.75, 3.05) is 27.4 Å². The second-order valence-electron chi connectivity index (χ2n) is 4.15. The highest BCUT2D eigenvalue weighted by molar-refractivity contribution is 5.71. The summed E-state index contributed by atoms with van der Waals surface area (Å²) in [6.07, 6.45) is 0.846. The molecule has 0 fully saturated rings.